The minimum atomic E-state index is -0.200. The number of rotatable bonds is 8. The molecular weight excluding hydrogens is 819 g/mol. The minimum Gasteiger partial charge on any atom is -0.309 e. The van der Waals surface area contributed by atoms with Gasteiger partial charge in [-0.1, -0.05) is 184 Å². The lowest BCUT2D eigenvalue weighted by molar-refractivity contribution is 0.459. The summed E-state index contributed by atoms with van der Waals surface area (Å²) in [5.41, 5.74) is 10.2. The molecule has 0 aliphatic carbocycles. The van der Waals surface area contributed by atoms with E-state index in [1.54, 1.807) is 0 Å². The molecule has 12 aromatic rings. The van der Waals surface area contributed by atoms with Gasteiger partial charge in [0.2, 0.25) is 0 Å². The van der Waals surface area contributed by atoms with Crippen molar-refractivity contribution < 1.29 is 0 Å². The molecule has 0 aliphatic heterocycles. The molecule has 12 rings (SSSR count). The predicted molar refractivity (Wildman–Crippen MR) is 285 cm³/mol. The lowest BCUT2D eigenvalue weighted by atomic mass is 9.91. The zero-order valence-electron chi connectivity index (χ0n) is 37.2. The summed E-state index contributed by atoms with van der Waals surface area (Å²) in [7, 11) is 0. The third-order valence-electron chi connectivity index (χ3n) is 13.7. The van der Waals surface area contributed by atoms with Crippen molar-refractivity contribution in [3.05, 3.63) is 223 Å². The summed E-state index contributed by atoms with van der Waals surface area (Å²) >= 11 is 1.87. The van der Waals surface area contributed by atoms with E-state index in [0.29, 0.717) is 0 Å². The third kappa shape index (κ3) is 6.80. The fourth-order valence-corrected chi connectivity index (χ4v) is 11.3. The van der Waals surface area contributed by atoms with E-state index >= 15 is 0 Å². The average molecular weight is 866 g/mol. The van der Waals surface area contributed by atoms with Crippen LogP contribution in [0.2, 0.25) is 0 Å². The molecule has 2 unspecified atom stereocenters. The summed E-state index contributed by atoms with van der Waals surface area (Å²) in [6.07, 6.45) is 0.949. The van der Waals surface area contributed by atoms with Crippen LogP contribution in [-0.2, 0) is 0 Å². The second-order valence-corrected chi connectivity index (χ2v) is 18.8. The fraction of sp³-hybridized carbons (Fsp3) is 0.0968. The number of hydrogen-bond donors (Lipinski definition) is 0. The molecule has 0 aliphatic rings. The van der Waals surface area contributed by atoms with Gasteiger partial charge >= 0.3 is 0 Å². The fourth-order valence-electron chi connectivity index (χ4n) is 10.2. The Bertz CT molecular complexity index is 3890. The highest BCUT2D eigenvalue weighted by atomic mass is 32.1. The Kier molecular flexibility index (Phi) is 9.91. The Balaban J connectivity index is 1.12. The summed E-state index contributed by atoms with van der Waals surface area (Å²) in [4.78, 5) is 11.6. The first-order valence-corrected chi connectivity index (χ1v) is 23.9. The Labute approximate surface area is 388 Å². The van der Waals surface area contributed by atoms with Gasteiger partial charge in [0.25, 0.3) is 0 Å². The molecule has 66 heavy (non-hydrogen) atoms. The van der Waals surface area contributed by atoms with Crippen LogP contribution >= 0.6 is 11.3 Å². The number of thiophene rings is 1. The number of fused-ring (bicyclic) bond motifs is 10. The van der Waals surface area contributed by atoms with Gasteiger partial charge < -0.3 is 4.57 Å². The highest BCUT2D eigenvalue weighted by molar-refractivity contribution is 7.25. The SMILES string of the molecule is CCC(C)C(N=C(N=C(C)c1ccc(-c2ccccc2)cc1)c1cc2ccccc2c2ccccc12)c1cc(-n2c3ccccc3c3cc4ccccc4cc32)c2c(c1)sc1ccccc12. The van der Waals surface area contributed by atoms with Crippen LogP contribution in [0.1, 0.15) is 49.9 Å². The summed E-state index contributed by atoms with van der Waals surface area (Å²) in [5.74, 6) is 0.947. The predicted octanol–water partition coefficient (Wildman–Crippen LogP) is 17.3. The summed E-state index contributed by atoms with van der Waals surface area (Å²) in [5, 5.41) is 12.3. The van der Waals surface area contributed by atoms with Gasteiger partial charge in [-0.15, -0.1) is 11.3 Å². The number of aromatic nitrogens is 1. The van der Waals surface area contributed by atoms with Crippen molar-refractivity contribution in [2.24, 2.45) is 15.9 Å². The maximum absolute atomic E-state index is 5.95. The van der Waals surface area contributed by atoms with Gasteiger partial charge in [-0.05, 0) is 110 Å². The molecule has 0 fully saturated rings. The third-order valence-corrected chi connectivity index (χ3v) is 14.9. The monoisotopic (exact) mass is 865 g/mol. The molecule has 0 bridgehead atoms. The molecule has 2 heterocycles. The number of aliphatic imine (C=N–C) groups is 2. The molecule has 316 valence electrons. The van der Waals surface area contributed by atoms with Crippen molar-refractivity contribution in [3.8, 4) is 16.8 Å². The van der Waals surface area contributed by atoms with Gasteiger partial charge in [-0.2, -0.15) is 0 Å². The molecule has 0 radical (unpaired) electrons. The first-order valence-electron chi connectivity index (χ1n) is 23.1. The summed E-state index contributed by atoms with van der Waals surface area (Å²) < 4.78 is 5.07. The van der Waals surface area contributed by atoms with Gasteiger partial charge in [0.05, 0.1) is 22.8 Å². The zero-order valence-corrected chi connectivity index (χ0v) is 38.1. The molecule has 10 aromatic carbocycles. The Morgan fingerprint density at radius 2 is 1.14 bits per heavy atom. The second-order valence-electron chi connectivity index (χ2n) is 17.7. The van der Waals surface area contributed by atoms with E-state index in [-0.39, 0.29) is 12.0 Å². The van der Waals surface area contributed by atoms with Crippen LogP contribution in [0.5, 0.6) is 0 Å². The Morgan fingerprint density at radius 3 is 1.91 bits per heavy atom. The van der Waals surface area contributed by atoms with Crippen LogP contribution in [0.3, 0.4) is 0 Å². The first-order chi connectivity index (χ1) is 32.5. The van der Waals surface area contributed by atoms with Crippen molar-refractivity contribution in [1.29, 1.82) is 0 Å². The van der Waals surface area contributed by atoms with E-state index in [4.69, 9.17) is 9.98 Å². The smallest absolute Gasteiger partial charge is 0.156 e. The van der Waals surface area contributed by atoms with Crippen molar-refractivity contribution in [2.45, 2.75) is 33.2 Å². The van der Waals surface area contributed by atoms with Crippen LogP contribution in [0, 0.1) is 5.92 Å². The van der Waals surface area contributed by atoms with E-state index in [9.17, 15) is 0 Å². The van der Waals surface area contributed by atoms with Crippen LogP contribution in [0.25, 0.3) is 91.1 Å². The van der Waals surface area contributed by atoms with Crippen LogP contribution in [-0.4, -0.2) is 16.1 Å². The second kappa shape index (κ2) is 16.4. The van der Waals surface area contributed by atoms with Gasteiger partial charge in [0, 0.05) is 42.2 Å². The standard InChI is InChI=1S/C62H47N3S/c1-4-39(2)61(64-62(54-35-46-22-10-11-23-48(46)49-24-12-13-25-50(49)54)63-40(3)41-30-32-43(33-31-41)42-18-6-5-7-19-42)47-37-57(60-52-27-15-17-29-58(52)66-59(60)38-47)65-55-28-16-14-26-51(55)53-34-44-20-8-9-21-45(44)36-56(53)65/h5-39,61H,4H2,1-3H3. The number of amidine groups is 1. The highest BCUT2D eigenvalue weighted by Crippen LogP contribution is 2.45. The minimum absolute atomic E-state index is 0.200. The molecule has 0 spiro atoms. The van der Waals surface area contributed by atoms with E-state index in [1.807, 2.05) is 11.3 Å². The molecule has 3 nitrogen and oxygen atoms in total. The van der Waals surface area contributed by atoms with Gasteiger partial charge in [-0.25, -0.2) is 4.99 Å². The molecule has 0 amide bonds. The van der Waals surface area contributed by atoms with Gasteiger partial charge in [0.15, 0.2) is 5.84 Å². The van der Waals surface area contributed by atoms with Crippen molar-refractivity contribution >= 4 is 97.2 Å². The Morgan fingerprint density at radius 1 is 0.515 bits per heavy atom. The summed E-state index contributed by atoms with van der Waals surface area (Å²) in [6, 6.07) is 75.1. The Hall–Kier alpha value is -7.66. The van der Waals surface area contributed by atoms with Crippen molar-refractivity contribution in [3.63, 3.8) is 0 Å². The molecule has 2 atom stereocenters. The van der Waals surface area contributed by atoms with E-state index < -0.39 is 0 Å². The maximum atomic E-state index is 5.95. The molecule has 4 heteroatoms. The molecule has 0 N–H and O–H groups in total. The molecule has 2 aromatic heterocycles. The number of nitrogens with zero attached hydrogens (tertiary/aromatic N) is 3. The first kappa shape index (κ1) is 39.9. The molecule has 0 saturated carbocycles. The normalized spacial score (nSPS) is 13.5. The van der Waals surface area contributed by atoms with Gasteiger partial charge in [0.1, 0.15) is 0 Å². The lowest BCUT2D eigenvalue weighted by Gasteiger charge is -2.23. The summed E-state index contributed by atoms with van der Waals surface area (Å²) in [6.45, 7) is 6.77. The van der Waals surface area contributed by atoms with Crippen molar-refractivity contribution in [1.82, 2.24) is 4.57 Å². The number of benzene rings is 10. The quantitative estimate of drug-likeness (QED) is 0.0827. The van der Waals surface area contributed by atoms with Crippen LogP contribution < -0.4 is 0 Å². The van der Waals surface area contributed by atoms with E-state index in [0.717, 1.165) is 34.5 Å². The van der Waals surface area contributed by atoms with Crippen LogP contribution in [0.4, 0.5) is 0 Å². The maximum Gasteiger partial charge on any atom is 0.156 e. The topological polar surface area (TPSA) is 29.6 Å². The van der Waals surface area contributed by atoms with Crippen LogP contribution in [0.15, 0.2) is 216 Å². The van der Waals surface area contributed by atoms with Crippen molar-refractivity contribution in [2.75, 3.05) is 0 Å². The number of para-hydroxylation sites is 1. The highest BCUT2D eigenvalue weighted by Gasteiger charge is 2.25. The van der Waals surface area contributed by atoms with Gasteiger partial charge in [-0.3, -0.25) is 4.99 Å². The largest absolute Gasteiger partial charge is 0.309 e. The zero-order chi connectivity index (χ0) is 44.3. The lowest BCUT2D eigenvalue weighted by Crippen LogP contribution is -2.13. The molecule has 0 saturated heterocycles. The van der Waals surface area contributed by atoms with E-state index in [1.165, 1.54) is 91.3 Å². The number of hydrogen-bond acceptors (Lipinski definition) is 2. The van der Waals surface area contributed by atoms with E-state index in [2.05, 4.69) is 232 Å². The molecular formula is C62H47N3S. The average Bonchev–Trinajstić information content (AvgIpc) is 3.91.